The highest BCUT2D eigenvalue weighted by molar-refractivity contribution is 7.09. The van der Waals surface area contributed by atoms with E-state index in [0.29, 0.717) is 0 Å². The van der Waals surface area contributed by atoms with Crippen molar-refractivity contribution in [3.63, 3.8) is 0 Å². The first-order valence-electron chi connectivity index (χ1n) is 5.56. The van der Waals surface area contributed by atoms with E-state index >= 15 is 0 Å². The quantitative estimate of drug-likeness (QED) is 0.752. The maximum atomic E-state index is 4.51. The van der Waals surface area contributed by atoms with Crippen molar-refractivity contribution < 1.29 is 0 Å². The van der Waals surface area contributed by atoms with Crippen molar-refractivity contribution in [1.29, 1.82) is 0 Å². The third kappa shape index (κ3) is 2.53. The largest absolute Gasteiger partial charge is 0.242 e. The minimum Gasteiger partial charge on any atom is -0.242 e. The summed E-state index contributed by atoms with van der Waals surface area (Å²) in [6.45, 7) is 7.88. The van der Waals surface area contributed by atoms with E-state index < -0.39 is 0 Å². The molecule has 86 valence electrons. The number of nitrogens with zero attached hydrogens (tertiary/aromatic N) is 1. The molecular weight excluding hydrogens is 226 g/mol. The van der Waals surface area contributed by atoms with Gasteiger partial charge < -0.3 is 0 Å². The zero-order chi connectivity index (χ0) is 12.3. The van der Waals surface area contributed by atoms with Crippen LogP contribution in [0.4, 0.5) is 0 Å². The molecular formula is C15H15NS. The second kappa shape index (κ2) is 5.11. The molecule has 0 bridgehead atoms. The average Bonchev–Trinajstić information content (AvgIpc) is 2.76. The van der Waals surface area contributed by atoms with Gasteiger partial charge in [-0.15, -0.1) is 11.3 Å². The highest BCUT2D eigenvalue weighted by Crippen LogP contribution is 2.25. The van der Waals surface area contributed by atoms with Gasteiger partial charge in [0.2, 0.25) is 0 Å². The summed E-state index contributed by atoms with van der Waals surface area (Å²) in [5.74, 6) is 0. The Bertz CT molecular complexity index is 564. The standard InChI is InChI=1S/C15H15NS/c1-4-6-13-9-14(8-7-12(13)5-2)15-10-17-11(3)16-15/h4-10H,2H2,1,3H3/b6-4-. The van der Waals surface area contributed by atoms with Crippen LogP contribution in [0.25, 0.3) is 23.4 Å². The number of benzene rings is 1. The smallest absolute Gasteiger partial charge is 0.0901 e. The van der Waals surface area contributed by atoms with Gasteiger partial charge in [0.15, 0.2) is 0 Å². The summed E-state index contributed by atoms with van der Waals surface area (Å²) < 4.78 is 0. The van der Waals surface area contributed by atoms with Crippen molar-refractivity contribution in [3.8, 4) is 11.3 Å². The summed E-state index contributed by atoms with van der Waals surface area (Å²) in [5.41, 5.74) is 4.55. The normalized spacial score (nSPS) is 10.9. The maximum Gasteiger partial charge on any atom is 0.0901 e. The number of allylic oxidation sites excluding steroid dienone is 1. The van der Waals surface area contributed by atoms with Gasteiger partial charge in [-0.3, -0.25) is 0 Å². The molecule has 0 radical (unpaired) electrons. The molecule has 1 nitrogen and oxygen atoms in total. The highest BCUT2D eigenvalue weighted by atomic mass is 32.1. The monoisotopic (exact) mass is 241 g/mol. The van der Waals surface area contributed by atoms with Crippen molar-refractivity contribution in [1.82, 2.24) is 4.98 Å². The van der Waals surface area contributed by atoms with Crippen LogP contribution in [0, 0.1) is 6.92 Å². The maximum absolute atomic E-state index is 4.51. The van der Waals surface area contributed by atoms with Crippen LogP contribution in [0.2, 0.25) is 0 Å². The molecule has 0 fully saturated rings. The third-order valence-electron chi connectivity index (χ3n) is 2.57. The van der Waals surface area contributed by atoms with E-state index in [1.807, 2.05) is 26.0 Å². The van der Waals surface area contributed by atoms with Crippen LogP contribution in [-0.4, -0.2) is 4.98 Å². The summed E-state index contributed by atoms with van der Waals surface area (Å²) in [5, 5.41) is 3.19. The zero-order valence-electron chi connectivity index (χ0n) is 10.1. The molecule has 2 heteroatoms. The van der Waals surface area contributed by atoms with Crippen molar-refractivity contribution in [3.05, 3.63) is 52.4 Å². The van der Waals surface area contributed by atoms with Crippen molar-refractivity contribution in [2.45, 2.75) is 13.8 Å². The van der Waals surface area contributed by atoms with Gasteiger partial charge in [-0.1, -0.05) is 36.9 Å². The Morgan fingerprint density at radius 3 is 2.71 bits per heavy atom. The Kier molecular flexibility index (Phi) is 3.55. The Morgan fingerprint density at radius 2 is 2.12 bits per heavy atom. The van der Waals surface area contributed by atoms with Gasteiger partial charge in [0.25, 0.3) is 0 Å². The molecule has 0 aliphatic carbocycles. The minimum atomic E-state index is 1.05. The molecule has 0 amide bonds. The first kappa shape index (κ1) is 11.8. The Morgan fingerprint density at radius 1 is 1.29 bits per heavy atom. The topological polar surface area (TPSA) is 12.9 Å². The molecule has 2 aromatic rings. The fourth-order valence-electron chi connectivity index (χ4n) is 1.74. The Hall–Kier alpha value is -1.67. The molecule has 1 aromatic carbocycles. The van der Waals surface area contributed by atoms with Gasteiger partial charge in [0.05, 0.1) is 10.7 Å². The molecule has 0 unspecified atom stereocenters. The molecule has 0 saturated heterocycles. The molecule has 17 heavy (non-hydrogen) atoms. The van der Waals surface area contributed by atoms with E-state index in [9.17, 15) is 0 Å². The highest BCUT2D eigenvalue weighted by Gasteiger charge is 2.04. The van der Waals surface area contributed by atoms with Crippen molar-refractivity contribution in [2.24, 2.45) is 0 Å². The lowest BCUT2D eigenvalue weighted by molar-refractivity contribution is 1.30. The Balaban J connectivity index is 2.50. The zero-order valence-corrected chi connectivity index (χ0v) is 10.9. The van der Waals surface area contributed by atoms with Crippen LogP contribution in [0.3, 0.4) is 0 Å². The number of rotatable bonds is 3. The van der Waals surface area contributed by atoms with Crippen LogP contribution in [0.15, 0.2) is 36.2 Å². The number of aromatic nitrogens is 1. The lowest BCUT2D eigenvalue weighted by atomic mass is 10.0. The van der Waals surface area contributed by atoms with E-state index in [-0.39, 0.29) is 0 Å². The molecule has 0 saturated carbocycles. The van der Waals surface area contributed by atoms with E-state index in [1.165, 1.54) is 5.56 Å². The number of hydrogen-bond donors (Lipinski definition) is 0. The predicted octanol–water partition coefficient (Wildman–Crippen LogP) is 4.79. The molecule has 0 atom stereocenters. The van der Waals surface area contributed by atoms with Gasteiger partial charge in [-0.25, -0.2) is 4.98 Å². The van der Waals surface area contributed by atoms with E-state index in [1.54, 1.807) is 11.3 Å². The summed E-state index contributed by atoms with van der Waals surface area (Å²) in [7, 11) is 0. The van der Waals surface area contributed by atoms with Gasteiger partial charge in [-0.2, -0.15) is 0 Å². The second-order valence-corrected chi connectivity index (χ2v) is 4.86. The molecule has 0 aliphatic heterocycles. The fraction of sp³-hybridized carbons (Fsp3) is 0.133. The van der Waals surface area contributed by atoms with Crippen LogP contribution in [0.5, 0.6) is 0 Å². The van der Waals surface area contributed by atoms with Crippen LogP contribution in [-0.2, 0) is 0 Å². The lowest BCUT2D eigenvalue weighted by Crippen LogP contribution is -1.84. The average molecular weight is 241 g/mol. The first-order valence-corrected chi connectivity index (χ1v) is 6.44. The lowest BCUT2D eigenvalue weighted by Gasteiger charge is -2.04. The molecule has 1 aromatic heterocycles. The number of hydrogen-bond acceptors (Lipinski definition) is 2. The SMILES string of the molecule is C=Cc1ccc(-c2csc(C)n2)cc1/C=C\C. The fourth-order valence-corrected chi connectivity index (χ4v) is 2.36. The molecule has 0 N–H and O–H groups in total. The van der Waals surface area contributed by atoms with Crippen LogP contribution >= 0.6 is 11.3 Å². The third-order valence-corrected chi connectivity index (χ3v) is 3.34. The van der Waals surface area contributed by atoms with Crippen LogP contribution < -0.4 is 0 Å². The Labute approximate surface area is 106 Å². The molecule has 2 rings (SSSR count). The minimum absolute atomic E-state index is 1.05. The first-order chi connectivity index (χ1) is 8.24. The van der Waals surface area contributed by atoms with Gasteiger partial charge in [0.1, 0.15) is 0 Å². The molecule has 0 spiro atoms. The van der Waals surface area contributed by atoms with E-state index in [0.717, 1.165) is 21.8 Å². The number of thiazole rings is 1. The van der Waals surface area contributed by atoms with E-state index in [4.69, 9.17) is 0 Å². The second-order valence-electron chi connectivity index (χ2n) is 3.80. The van der Waals surface area contributed by atoms with E-state index in [2.05, 4.69) is 41.2 Å². The molecule has 1 heterocycles. The summed E-state index contributed by atoms with van der Waals surface area (Å²) >= 11 is 1.68. The summed E-state index contributed by atoms with van der Waals surface area (Å²) in [6.07, 6.45) is 6.02. The summed E-state index contributed by atoms with van der Waals surface area (Å²) in [4.78, 5) is 4.51. The van der Waals surface area contributed by atoms with Gasteiger partial charge in [0, 0.05) is 10.9 Å². The predicted molar refractivity (Wildman–Crippen MR) is 77.1 cm³/mol. The van der Waals surface area contributed by atoms with Gasteiger partial charge in [-0.05, 0) is 31.0 Å². The molecule has 0 aliphatic rings. The number of aryl methyl sites for hydroxylation is 1. The van der Waals surface area contributed by atoms with Gasteiger partial charge >= 0.3 is 0 Å². The van der Waals surface area contributed by atoms with Crippen molar-refractivity contribution >= 4 is 23.5 Å². The van der Waals surface area contributed by atoms with Crippen molar-refractivity contribution in [2.75, 3.05) is 0 Å². The summed E-state index contributed by atoms with van der Waals surface area (Å²) in [6, 6.07) is 6.34. The van der Waals surface area contributed by atoms with Crippen LogP contribution in [0.1, 0.15) is 23.1 Å².